The summed E-state index contributed by atoms with van der Waals surface area (Å²) in [5, 5.41) is 28.9. The van der Waals surface area contributed by atoms with Crippen LogP contribution in [0.5, 0.6) is 0 Å². The molecule has 30 heavy (non-hydrogen) atoms. The first kappa shape index (κ1) is 22.8. The van der Waals surface area contributed by atoms with Gasteiger partial charge in [-0.25, -0.2) is 0 Å². The maximum atomic E-state index is 12.3. The van der Waals surface area contributed by atoms with E-state index in [-0.39, 0.29) is 18.8 Å². The minimum absolute atomic E-state index is 0.206. The molecule has 1 aliphatic rings. The number of carboxylic acids is 1. The summed E-state index contributed by atoms with van der Waals surface area (Å²) < 4.78 is 0. The molecular formula is C22H28BClN2O4. The number of hydrogen-bond donors (Lipinski definition) is 4. The number of fused-ring (bicyclic) bond motifs is 1. The van der Waals surface area contributed by atoms with Crippen LogP contribution < -0.4 is 5.73 Å². The highest BCUT2D eigenvalue weighted by Gasteiger charge is 2.46. The summed E-state index contributed by atoms with van der Waals surface area (Å²) in [5.74, 6) is -1.03. The quantitative estimate of drug-likeness (QED) is 0.360. The molecule has 1 aliphatic heterocycles. The van der Waals surface area contributed by atoms with Crippen molar-refractivity contribution in [3.8, 4) is 0 Å². The molecule has 3 rings (SSSR count). The zero-order chi connectivity index (χ0) is 21.7. The average Bonchev–Trinajstić information content (AvgIpc) is 2.72. The van der Waals surface area contributed by atoms with Crippen LogP contribution >= 0.6 is 11.6 Å². The van der Waals surface area contributed by atoms with E-state index in [0.29, 0.717) is 37.4 Å². The molecule has 1 heterocycles. The van der Waals surface area contributed by atoms with Gasteiger partial charge in [0.2, 0.25) is 0 Å². The molecule has 0 aliphatic carbocycles. The molecule has 0 saturated heterocycles. The molecule has 2 aromatic carbocycles. The van der Waals surface area contributed by atoms with Gasteiger partial charge in [0.05, 0.1) is 0 Å². The maximum Gasteiger partial charge on any atom is 0.451 e. The van der Waals surface area contributed by atoms with Gasteiger partial charge >= 0.3 is 13.1 Å². The molecule has 0 radical (unpaired) electrons. The number of hydrogen-bond acceptors (Lipinski definition) is 5. The Labute approximate surface area is 182 Å². The lowest BCUT2D eigenvalue weighted by atomic mass is 9.76. The number of nitrogens with zero attached hydrogens (tertiary/aromatic N) is 1. The predicted octanol–water partition coefficient (Wildman–Crippen LogP) is 2.69. The molecule has 8 heteroatoms. The van der Waals surface area contributed by atoms with Gasteiger partial charge < -0.3 is 20.9 Å². The highest BCUT2D eigenvalue weighted by Crippen LogP contribution is 2.33. The monoisotopic (exact) mass is 430 g/mol. The van der Waals surface area contributed by atoms with E-state index >= 15 is 0 Å². The molecule has 2 unspecified atom stereocenters. The summed E-state index contributed by atoms with van der Waals surface area (Å²) in [7, 11) is -1.38. The fourth-order valence-electron chi connectivity index (χ4n) is 4.24. The van der Waals surface area contributed by atoms with Gasteiger partial charge in [-0.15, -0.1) is 0 Å². The van der Waals surface area contributed by atoms with Crippen molar-refractivity contribution in [2.45, 2.75) is 56.7 Å². The molecule has 6 nitrogen and oxygen atoms in total. The topological polar surface area (TPSA) is 107 Å². The maximum absolute atomic E-state index is 12.3. The van der Waals surface area contributed by atoms with Gasteiger partial charge in [0.1, 0.15) is 5.54 Å². The van der Waals surface area contributed by atoms with Gasteiger partial charge in [-0.05, 0) is 48.0 Å². The van der Waals surface area contributed by atoms with Crippen LogP contribution in [0.2, 0.25) is 11.3 Å². The van der Waals surface area contributed by atoms with Gasteiger partial charge in [0.25, 0.3) is 0 Å². The SMILES string of the molecule is NC(CCCCB(O)O)(C(=O)O)C1Cc2ccccc2CN1Cc1ccc(Cl)cc1. The number of aliphatic carboxylic acids is 1. The van der Waals surface area contributed by atoms with E-state index in [1.807, 2.05) is 42.5 Å². The fourth-order valence-corrected chi connectivity index (χ4v) is 4.36. The number of halogens is 1. The molecule has 0 saturated carbocycles. The third kappa shape index (κ3) is 5.42. The van der Waals surface area contributed by atoms with Crippen molar-refractivity contribution in [3.05, 3.63) is 70.2 Å². The van der Waals surface area contributed by atoms with Gasteiger partial charge in [-0.2, -0.15) is 0 Å². The predicted molar refractivity (Wildman–Crippen MR) is 118 cm³/mol. The van der Waals surface area contributed by atoms with E-state index in [0.717, 1.165) is 11.1 Å². The van der Waals surface area contributed by atoms with E-state index in [2.05, 4.69) is 11.0 Å². The Hall–Kier alpha value is -1.90. The second-order valence-corrected chi connectivity index (χ2v) is 8.53. The van der Waals surface area contributed by atoms with Crippen LogP contribution in [0, 0.1) is 0 Å². The van der Waals surface area contributed by atoms with Crippen molar-refractivity contribution in [3.63, 3.8) is 0 Å². The second kappa shape index (κ2) is 9.94. The number of benzene rings is 2. The molecule has 2 aromatic rings. The van der Waals surface area contributed by atoms with Crippen LogP contribution in [0.15, 0.2) is 48.5 Å². The molecule has 0 fully saturated rings. The molecule has 0 aromatic heterocycles. The summed E-state index contributed by atoms with van der Waals surface area (Å²) in [5.41, 5.74) is 8.47. The average molecular weight is 431 g/mol. The lowest BCUT2D eigenvalue weighted by Crippen LogP contribution is -2.64. The Morgan fingerprint density at radius 1 is 1.13 bits per heavy atom. The first-order chi connectivity index (χ1) is 14.3. The lowest BCUT2D eigenvalue weighted by molar-refractivity contribution is -0.147. The van der Waals surface area contributed by atoms with E-state index in [9.17, 15) is 9.90 Å². The largest absolute Gasteiger partial charge is 0.480 e. The molecule has 0 amide bonds. The smallest absolute Gasteiger partial charge is 0.451 e. The van der Waals surface area contributed by atoms with Crippen molar-refractivity contribution in [2.75, 3.05) is 0 Å². The zero-order valence-electron chi connectivity index (χ0n) is 16.9. The second-order valence-electron chi connectivity index (χ2n) is 8.09. The van der Waals surface area contributed by atoms with Crippen molar-refractivity contribution in [1.29, 1.82) is 0 Å². The Bertz CT molecular complexity index is 864. The molecule has 5 N–H and O–H groups in total. The lowest BCUT2D eigenvalue weighted by Gasteiger charge is -2.45. The van der Waals surface area contributed by atoms with Crippen LogP contribution in [0.1, 0.15) is 36.0 Å². The Morgan fingerprint density at radius 3 is 2.43 bits per heavy atom. The highest BCUT2D eigenvalue weighted by molar-refractivity contribution is 6.40. The normalized spacial score (nSPS) is 18.5. The minimum Gasteiger partial charge on any atom is -0.480 e. The fraction of sp³-hybridized carbons (Fsp3) is 0.409. The summed E-state index contributed by atoms with van der Waals surface area (Å²) in [6.07, 6.45) is 2.03. The first-order valence-corrected chi connectivity index (χ1v) is 10.6. The number of rotatable bonds is 9. The van der Waals surface area contributed by atoms with E-state index < -0.39 is 18.6 Å². The van der Waals surface area contributed by atoms with Crippen LogP contribution in [-0.4, -0.2) is 44.7 Å². The van der Waals surface area contributed by atoms with Gasteiger partial charge in [0.15, 0.2) is 0 Å². The van der Waals surface area contributed by atoms with E-state index in [4.69, 9.17) is 27.4 Å². The zero-order valence-corrected chi connectivity index (χ0v) is 17.6. The molecule has 2 atom stereocenters. The van der Waals surface area contributed by atoms with E-state index in [1.165, 1.54) is 5.56 Å². The number of unbranched alkanes of at least 4 members (excludes halogenated alkanes) is 1. The van der Waals surface area contributed by atoms with Crippen LogP contribution in [0.4, 0.5) is 0 Å². The standard InChI is InChI=1S/C22H28BClN2O4/c24-19-9-7-16(8-10-19)14-26-15-18-6-2-1-5-17(18)13-20(26)22(25,21(27)28)11-3-4-12-23(29)30/h1-2,5-10,20,29-30H,3-4,11-15,25H2,(H,27,28). The van der Waals surface area contributed by atoms with Crippen LogP contribution in [-0.2, 0) is 24.3 Å². The summed E-state index contributed by atoms with van der Waals surface area (Å²) >= 11 is 6.01. The Balaban J connectivity index is 1.87. The third-order valence-electron chi connectivity index (χ3n) is 5.94. The summed E-state index contributed by atoms with van der Waals surface area (Å²) in [4.78, 5) is 14.5. The Kier molecular flexibility index (Phi) is 7.55. The van der Waals surface area contributed by atoms with Crippen molar-refractivity contribution in [2.24, 2.45) is 5.73 Å². The molecule has 0 spiro atoms. The third-order valence-corrected chi connectivity index (χ3v) is 6.19. The minimum atomic E-state index is -1.44. The molecular weight excluding hydrogens is 403 g/mol. The molecule has 0 bridgehead atoms. The number of carbonyl (C=O) groups is 1. The van der Waals surface area contributed by atoms with Crippen LogP contribution in [0.25, 0.3) is 0 Å². The van der Waals surface area contributed by atoms with Gasteiger partial charge in [0, 0.05) is 24.2 Å². The van der Waals surface area contributed by atoms with E-state index in [1.54, 1.807) is 0 Å². The van der Waals surface area contributed by atoms with Gasteiger partial charge in [-0.1, -0.05) is 60.8 Å². The summed E-state index contributed by atoms with van der Waals surface area (Å²) in [6.45, 7) is 1.18. The first-order valence-electron chi connectivity index (χ1n) is 10.2. The van der Waals surface area contributed by atoms with Gasteiger partial charge in [-0.3, -0.25) is 9.69 Å². The van der Waals surface area contributed by atoms with Crippen LogP contribution in [0.3, 0.4) is 0 Å². The Morgan fingerprint density at radius 2 is 1.80 bits per heavy atom. The van der Waals surface area contributed by atoms with Crippen molar-refractivity contribution < 1.29 is 19.9 Å². The highest BCUT2D eigenvalue weighted by atomic mass is 35.5. The summed E-state index contributed by atoms with van der Waals surface area (Å²) in [6, 6.07) is 15.2. The number of nitrogens with two attached hydrogens (primary N) is 1. The number of carboxylic acid groups (broad SMARTS) is 1. The van der Waals surface area contributed by atoms with Crippen molar-refractivity contribution >= 4 is 24.7 Å². The molecule has 160 valence electrons. The van der Waals surface area contributed by atoms with Crippen molar-refractivity contribution in [1.82, 2.24) is 4.90 Å².